The molecule has 0 saturated heterocycles. The number of non-ortho nitro benzene ring substituents is 1. The zero-order valence-corrected chi connectivity index (χ0v) is 13.2. The number of aromatic nitrogens is 1. The van der Waals surface area contributed by atoms with Gasteiger partial charge in [-0.25, -0.2) is 0 Å². The highest BCUT2D eigenvalue weighted by molar-refractivity contribution is 5.94. The van der Waals surface area contributed by atoms with Crippen LogP contribution in [0.1, 0.15) is 21.5 Å². The Bertz CT molecular complexity index is 898. The third-order valence-corrected chi connectivity index (χ3v) is 3.94. The summed E-state index contributed by atoms with van der Waals surface area (Å²) in [6.45, 7) is 2.54. The molecule has 122 valence electrons. The van der Waals surface area contributed by atoms with Gasteiger partial charge in [0.15, 0.2) is 0 Å². The van der Waals surface area contributed by atoms with Gasteiger partial charge in [-0.2, -0.15) is 0 Å². The molecule has 6 heteroatoms. The predicted octanol–water partition coefficient (Wildman–Crippen LogP) is 3.36. The largest absolute Gasteiger partial charge is 0.361 e. The zero-order valence-electron chi connectivity index (χ0n) is 13.2. The monoisotopic (exact) mass is 323 g/mol. The molecule has 6 nitrogen and oxygen atoms in total. The highest BCUT2D eigenvalue weighted by Crippen LogP contribution is 2.20. The average molecular weight is 323 g/mol. The Morgan fingerprint density at radius 2 is 1.96 bits per heavy atom. The van der Waals surface area contributed by atoms with Crippen molar-refractivity contribution in [3.8, 4) is 0 Å². The predicted molar refractivity (Wildman–Crippen MR) is 92.2 cm³/mol. The molecule has 0 atom stereocenters. The van der Waals surface area contributed by atoms with E-state index >= 15 is 0 Å². The number of rotatable bonds is 5. The number of amides is 1. The van der Waals surface area contributed by atoms with Gasteiger partial charge in [-0.05, 0) is 43.2 Å². The molecule has 0 spiro atoms. The molecular weight excluding hydrogens is 306 g/mol. The summed E-state index contributed by atoms with van der Waals surface area (Å²) in [5, 5.41) is 14.6. The standard InChI is InChI=1S/C18H17N3O3/c1-12-2-7-17-16(10-12)14(11-20-17)8-9-19-18(22)13-3-5-15(6-4-13)21(23)24/h2-7,10-11,20H,8-9H2,1H3,(H,19,22). The van der Waals surface area contributed by atoms with Gasteiger partial charge >= 0.3 is 0 Å². The van der Waals surface area contributed by atoms with E-state index in [2.05, 4.69) is 22.4 Å². The molecule has 1 aromatic heterocycles. The normalized spacial score (nSPS) is 10.7. The number of nitro benzene ring substituents is 1. The van der Waals surface area contributed by atoms with E-state index < -0.39 is 4.92 Å². The molecule has 3 aromatic rings. The van der Waals surface area contributed by atoms with Crippen LogP contribution in [0.25, 0.3) is 10.9 Å². The lowest BCUT2D eigenvalue weighted by atomic mass is 10.1. The molecule has 2 aromatic carbocycles. The summed E-state index contributed by atoms with van der Waals surface area (Å²) in [5.41, 5.74) is 3.81. The molecule has 24 heavy (non-hydrogen) atoms. The number of nitrogens with zero attached hydrogens (tertiary/aromatic N) is 1. The minimum absolute atomic E-state index is 0.0271. The van der Waals surface area contributed by atoms with Gasteiger partial charge < -0.3 is 10.3 Å². The molecule has 0 unspecified atom stereocenters. The number of hydrogen-bond donors (Lipinski definition) is 2. The quantitative estimate of drug-likeness (QED) is 0.557. The molecule has 0 bridgehead atoms. The van der Waals surface area contributed by atoms with Crippen molar-refractivity contribution in [1.29, 1.82) is 0 Å². The Labute approximate surface area is 138 Å². The van der Waals surface area contributed by atoms with Crippen molar-refractivity contribution in [3.05, 3.63) is 75.5 Å². The summed E-state index contributed by atoms with van der Waals surface area (Å²) in [7, 11) is 0. The van der Waals surface area contributed by atoms with Gasteiger partial charge in [0.25, 0.3) is 11.6 Å². The maximum atomic E-state index is 12.1. The van der Waals surface area contributed by atoms with Crippen molar-refractivity contribution < 1.29 is 9.72 Å². The van der Waals surface area contributed by atoms with Crippen molar-refractivity contribution in [1.82, 2.24) is 10.3 Å². The van der Waals surface area contributed by atoms with Gasteiger partial charge in [0.2, 0.25) is 0 Å². The van der Waals surface area contributed by atoms with Gasteiger partial charge in [0.05, 0.1) is 4.92 Å². The Morgan fingerprint density at radius 3 is 2.67 bits per heavy atom. The first-order valence-electron chi connectivity index (χ1n) is 7.64. The van der Waals surface area contributed by atoms with E-state index in [1.807, 2.05) is 19.2 Å². The van der Waals surface area contributed by atoms with Crippen LogP contribution in [-0.4, -0.2) is 22.4 Å². The van der Waals surface area contributed by atoms with Crippen LogP contribution in [0.2, 0.25) is 0 Å². The molecule has 0 aliphatic rings. The van der Waals surface area contributed by atoms with Crippen LogP contribution in [0.5, 0.6) is 0 Å². The number of aryl methyl sites for hydroxylation is 1. The van der Waals surface area contributed by atoms with E-state index in [-0.39, 0.29) is 11.6 Å². The second-order valence-electron chi connectivity index (χ2n) is 5.67. The summed E-state index contributed by atoms with van der Waals surface area (Å²) in [4.78, 5) is 25.4. The Hall–Kier alpha value is -3.15. The minimum atomic E-state index is -0.485. The third-order valence-electron chi connectivity index (χ3n) is 3.94. The average Bonchev–Trinajstić information content (AvgIpc) is 2.97. The van der Waals surface area contributed by atoms with E-state index in [9.17, 15) is 14.9 Å². The number of hydrogen-bond acceptors (Lipinski definition) is 3. The lowest BCUT2D eigenvalue weighted by Gasteiger charge is -2.05. The molecule has 3 rings (SSSR count). The first-order valence-corrected chi connectivity index (χ1v) is 7.64. The number of nitrogens with one attached hydrogen (secondary N) is 2. The van der Waals surface area contributed by atoms with Gasteiger partial charge in [-0.3, -0.25) is 14.9 Å². The molecule has 0 aliphatic heterocycles. The molecule has 0 saturated carbocycles. The van der Waals surface area contributed by atoms with Crippen molar-refractivity contribution in [2.45, 2.75) is 13.3 Å². The smallest absolute Gasteiger partial charge is 0.269 e. The van der Waals surface area contributed by atoms with Crippen LogP contribution in [0.3, 0.4) is 0 Å². The Morgan fingerprint density at radius 1 is 1.21 bits per heavy atom. The molecule has 1 amide bonds. The van der Waals surface area contributed by atoms with Crippen molar-refractivity contribution >= 4 is 22.5 Å². The third kappa shape index (κ3) is 3.27. The Kier molecular flexibility index (Phi) is 4.29. The van der Waals surface area contributed by atoms with E-state index in [0.717, 1.165) is 11.1 Å². The lowest BCUT2D eigenvalue weighted by Crippen LogP contribution is -2.25. The number of aromatic amines is 1. The second kappa shape index (κ2) is 6.54. The molecule has 0 fully saturated rings. The van der Waals surface area contributed by atoms with E-state index in [4.69, 9.17) is 0 Å². The van der Waals surface area contributed by atoms with Gasteiger partial charge in [0.1, 0.15) is 0 Å². The number of carbonyl (C=O) groups excluding carboxylic acids is 1. The van der Waals surface area contributed by atoms with E-state index in [0.29, 0.717) is 18.5 Å². The first-order chi connectivity index (χ1) is 11.5. The summed E-state index contributed by atoms with van der Waals surface area (Å²) >= 11 is 0. The van der Waals surface area contributed by atoms with E-state index in [1.165, 1.54) is 35.2 Å². The van der Waals surface area contributed by atoms with Crippen molar-refractivity contribution in [2.75, 3.05) is 6.54 Å². The maximum Gasteiger partial charge on any atom is 0.269 e. The topological polar surface area (TPSA) is 88.0 Å². The molecule has 0 radical (unpaired) electrons. The number of carbonyl (C=O) groups is 1. The van der Waals surface area contributed by atoms with Crippen LogP contribution in [-0.2, 0) is 6.42 Å². The molecule has 0 aliphatic carbocycles. The minimum Gasteiger partial charge on any atom is -0.361 e. The van der Waals surface area contributed by atoms with Crippen LogP contribution in [0.15, 0.2) is 48.7 Å². The number of nitro groups is 1. The Balaban J connectivity index is 1.62. The highest BCUT2D eigenvalue weighted by Gasteiger charge is 2.10. The number of fused-ring (bicyclic) bond motifs is 1. The second-order valence-corrected chi connectivity index (χ2v) is 5.67. The fourth-order valence-electron chi connectivity index (χ4n) is 2.65. The SMILES string of the molecule is Cc1ccc2[nH]cc(CCNC(=O)c3ccc([N+](=O)[O-])cc3)c2c1. The van der Waals surface area contributed by atoms with Gasteiger partial charge in [-0.15, -0.1) is 0 Å². The number of H-pyrrole nitrogens is 1. The number of benzene rings is 2. The van der Waals surface area contributed by atoms with E-state index in [1.54, 1.807) is 0 Å². The fourth-order valence-corrected chi connectivity index (χ4v) is 2.65. The van der Waals surface area contributed by atoms with Crippen LogP contribution in [0, 0.1) is 17.0 Å². The summed E-state index contributed by atoms with van der Waals surface area (Å²) in [6, 6.07) is 11.8. The maximum absolute atomic E-state index is 12.1. The molecule has 2 N–H and O–H groups in total. The summed E-state index contributed by atoms with van der Waals surface area (Å²) in [5.74, 6) is -0.235. The van der Waals surface area contributed by atoms with Crippen molar-refractivity contribution in [3.63, 3.8) is 0 Å². The lowest BCUT2D eigenvalue weighted by molar-refractivity contribution is -0.384. The van der Waals surface area contributed by atoms with Crippen LogP contribution < -0.4 is 5.32 Å². The highest BCUT2D eigenvalue weighted by atomic mass is 16.6. The van der Waals surface area contributed by atoms with Crippen LogP contribution in [0.4, 0.5) is 5.69 Å². The molecule has 1 heterocycles. The zero-order chi connectivity index (χ0) is 17.1. The van der Waals surface area contributed by atoms with Crippen LogP contribution >= 0.6 is 0 Å². The molecular formula is C18H17N3O3. The van der Waals surface area contributed by atoms with Crippen molar-refractivity contribution in [2.24, 2.45) is 0 Å². The summed E-state index contributed by atoms with van der Waals surface area (Å²) in [6.07, 6.45) is 2.67. The summed E-state index contributed by atoms with van der Waals surface area (Å²) < 4.78 is 0. The fraction of sp³-hybridized carbons (Fsp3) is 0.167. The van der Waals surface area contributed by atoms with Gasteiger partial charge in [-0.1, -0.05) is 11.6 Å². The van der Waals surface area contributed by atoms with Gasteiger partial charge in [0, 0.05) is 41.3 Å². The first kappa shape index (κ1) is 15.7.